The van der Waals surface area contributed by atoms with Crippen molar-refractivity contribution in [3.8, 4) is 23.1 Å². The van der Waals surface area contributed by atoms with Crippen LogP contribution >= 0.6 is 0 Å². The Bertz CT molecular complexity index is 1600. The number of rotatable bonds is 8. The average Bonchev–Trinajstić information content (AvgIpc) is 2.88. The van der Waals surface area contributed by atoms with E-state index in [4.69, 9.17) is 14.6 Å². The molecule has 4 rings (SSSR count). The predicted octanol–water partition coefficient (Wildman–Crippen LogP) is 5.02. The van der Waals surface area contributed by atoms with Crippen molar-refractivity contribution in [2.24, 2.45) is 0 Å². The van der Waals surface area contributed by atoms with E-state index in [1.54, 1.807) is 30.3 Å². The summed E-state index contributed by atoms with van der Waals surface area (Å²) in [5.74, 6) is -1.52. The van der Waals surface area contributed by atoms with Gasteiger partial charge in [-0.15, -0.1) is 0 Å². The van der Waals surface area contributed by atoms with Gasteiger partial charge in [0.25, 0.3) is 5.91 Å². The van der Waals surface area contributed by atoms with Crippen LogP contribution in [-0.2, 0) is 4.79 Å². The summed E-state index contributed by atoms with van der Waals surface area (Å²) in [6.07, 6.45) is 0. The Kier molecular flexibility index (Phi) is 7.53. The molecule has 0 saturated heterocycles. The van der Waals surface area contributed by atoms with Crippen LogP contribution in [0.3, 0.4) is 0 Å². The lowest BCUT2D eigenvalue weighted by Crippen LogP contribution is -2.30. The fraction of sp³-hybridized carbons (Fsp3) is 0.200. The molecular weight excluding hydrogens is 500 g/mol. The van der Waals surface area contributed by atoms with Gasteiger partial charge in [0, 0.05) is 16.5 Å². The lowest BCUT2D eigenvalue weighted by Gasteiger charge is -2.16. The summed E-state index contributed by atoms with van der Waals surface area (Å²) < 4.78 is 11.5. The number of nitrogens with zero attached hydrogens (tertiary/aromatic N) is 1. The predicted molar refractivity (Wildman–Crippen MR) is 145 cm³/mol. The van der Waals surface area contributed by atoms with Gasteiger partial charge in [-0.05, 0) is 81.3 Å². The molecule has 0 aliphatic carbocycles. The molecule has 200 valence electrons. The molecule has 1 aromatic heterocycles. The molecule has 9 nitrogen and oxygen atoms in total. The number of carbonyl (C=O) groups is 3. The second-order valence-corrected chi connectivity index (χ2v) is 9.35. The number of aryl methyl sites for hydroxylation is 4. The molecule has 4 aromatic rings. The molecule has 39 heavy (non-hydrogen) atoms. The van der Waals surface area contributed by atoms with Crippen molar-refractivity contribution in [3.05, 3.63) is 87.6 Å². The minimum atomic E-state index is -1.23. The van der Waals surface area contributed by atoms with Gasteiger partial charge in [0.15, 0.2) is 17.2 Å². The molecule has 0 aliphatic rings. The molecule has 0 atom stereocenters. The van der Waals surface area contributed by atoms with Crippen LogP contribution in [0.5, 0.6) is 23.1 Å². The highest BCUT2D eigenvalue weighted by Gasteiger charge is 2.21. The first kappa shape index (κ1) is 27.1. The van der Waals surface area contributed by atoms with Crippen LogP contribution in [0.2, 0.25) is 0 Å². The van der Waals surface area contributed by atoms with Crippen LogP contribution in [0.25, 0.3) is 10.8 Å². The van der Waals surface area contributed by atoms with Gasteiger partial charge in [-0.25, -0.2) is 4.98 Å². The Morgan fingerprint density at radius 1 is 0.872 bits per heavy atom. The maximum atomic E-state index is 13.2. The largest absolute Gasteiger partial charge is 0.505 e. The van der Waals surface area contributed by atoms with Crippen molar-refractivity contribution >= 4 is 28.4 Å². The third-order valence-electron chi connectivity index (χ3n) is 6.15. The third-order valence-corrected chi connectivity index (χ3v) is 6.15. The van der Waals surface area contributed by atoms with Crippen LogP contribution in [-0.4, -0.2) is 46.5 Å². The summed E-state index contributed by atoms with van der Waals surface area (Å²) in [6.45, 7) is 7.01. The summed E-state index contributed by atoms with van der Waals surface area (Å²) in [6, 6.07) is 14.1. The number of fused-ring (bicyclic) bond motifs is 1. The summed E-state index contributed by atoms with van der Waals surface area (Å²) in [4.78, 5) is 40.4. The van der Waals surface area contributed by atoms with Crippen molar-refractivity contribution in [1.29, 1.82) is 0 Å². The number of ether oxygens (including phenoxy) is 2. The Morgan fingerprint density at radius 3 is 2.08 bits per heavy atom. The van der Waals surface area contributed by atoms with Crippen LogP contribution in [0.15, 0.2) is 48.5 Å². The Balaban J connectivity index is 1.67. The maximum absolute atomic E-state index is 13.2. The number of carboxylic acid groups (broad SMARTS) is 1. The first-order valence-electron chi connectivity index (χ1n) is 12.1. The van der Waals surface area contributed by atoms with Crippen molar-refractivity contribution in [1.82, 2.24) is 10.3 Å². The number of aromatic hydroxyl groups is 1. The highest BCUT2D eigenvalue weighted by molar-refractivity contribution is 6.09. The Morgan fingerprint density at radius 2 is 1.49 bits per heavy atom. The first-order chi connectivity index (χ1) is 18.5. The fourth-order valence-electron chi connectivity index (χ4n) is 4.50. The van der Waals surface area contributed by atoms with Gasteiger partial charge in [0.05, 0.1) is 12.5 Å². The lowest BCUT2D eigenvalue weighted by atomic mass is 9.96. The molecule has 0 saturated carbocycles. The van der Waals surface area contributed by atoms with Gasteiger partial charge in [0.1, 0.15) is 18.0 Å². The molecular formula is C30H28N2O7. The van der Waals surface area contributed by atoms with E-state index in [1.807, 2.05) is 45.9 Å². The van der Waals surface area contributed by atoms with Crippen molar-refractivity contribution < 1.29 is 34.1 Å². The number of amides is 1. The van der Waals surface area contributed by atoms with Gasteiger partial charge in [0.2, 0.25) is 5.88 Å². The first-order valence-corrected chi connectivity index (χ1v) is 12.1. The van der Waals surface area contributed by atoms with E-state index in [1.165, 1.54) is 7.11 Å². The van der Waals surface area contributed by atoms with Crippen molar-refractivity contribution in [2.45, 2.75) is 27.7 Å². The van der Waals surface area contributed by atoms with Crippen molar-refractivity contribution in [2.75, 3.05) is 13.7 Å². The molecule has 3 aromatic carbocycles. The zero-order valence-electron chi connectivity index (χ0n) is 22.2. The number of aliphatic carboxylic acids is 1. The molecule has 9 heteroatoms. The van der Waals surface area contributed by atoms with Gasteiger partial charge >= 0.3 is 5.97 Å². The smallest absolute Gasteiger partial charge is 0.322 e. The molecule has 1 amide bonds. The number of aromatic nitrogens is 1. The van der Waals surface area contributed by atoms with Gasteiger partial charge < -0.3 is 25.0 Å². The van der Waals surface area contributed by atoms with Gasteiger partial charge in [-0.1, -0.05) is 17.2 Å². The number of hydrogen-bond acceptors (Lipinski definition) is 7. The Labute approximate surface area is 225 Å². The Hall–Kier alpha value is -4.92. The molecule has 0 bridgehead atoms. The molecule has 3 N–H and O–H groups in total. The van der Waals surface area contributed by atoms with Crippen LogP contribution < -0.4 is 14.8 Å². The van der Waals surface area contributed by atoms with Crippen LogP contribution in [0.1, 0.15) is 48.7 Å². The van der Waals surface area contributed by atoms with E-state index < -0.39 is 24.2 Å². The number of pyridine rings is 1. The second kappa shape index (κ2) is 10.8. The van der Waals surface area contributed by atoms with Gasteiger partial charge in [-0.3, -0.25) is 14.4 Å². The minimum Gasteiger partial charge on any atom is -0.505 e. The number of hydrogen-bond donors (Lipinski definition) is 3. The van der Waals surface area contributed by atoms with Crippen molar-refractivity contribution in [3.63, 3.8) is 0 Å². The van der Waals surface area contributed by atoms with E-state index >= 15 is 0 Å². The number of ketones is 1. The highest BCUT2D eigenvalue weighted by atomic mass is 16.5. The van der Waals surface area contributed by atoms with E-state index in [0.29, 0.717) is 28.0 Å². The fourth-order valence-corrected chi connectivity index (χ4v) is 4.50. The maximum Gasteiger partial charge on any atom is 0.322 e. The zero-order chi connectivity index (χ0) is 28.4. The minimum absolute atomic E-state index is 0.0524. The zero-order valence-corrected chi connectivity index (χ0v) is 22.2. The lowest BCUT2D eigenvalue weighted by molar-refractivity contribution is -0.135. The highest BCUT2D eigenvalue weighted by Crippen LogP contribution is 2.38. The number of carbonyl (C=O) groups excluding carboxylic acids is 2. The number of methoxy groups -OCH3 is 1. The molecule has 0 spiro atoms. The molecule has 1 heterocycles. The quantitative estimate of drug-likeness (QED) is 0.271. The van der Waals surface area contributed by atoms with E-state index in [0.717, 1.165) is 22.3 Å². The van der Waals surface area contributed by atoms with E-state index in [2.05, 4.69) is 10.3 Å². The summed E-state index contributed by atoms with van der Waals surface area (Å²) >= 11 is 0. The van der Waals surface area contributed by atoms with Crippen LogP contribution in [0, 0.1) is 27.7 Å². The number of nitrogens with one attached hydrogen (secondary N) is 1. The topological polar surface area (TPSA) is 135 Å². The van der Waals surface area contributed by atoms with E-state index in [-0.39, 0.29) is 22.7 Å². The normalized spacial score (nSPS) is 10.8. The number of benzene rings is 3. The summed E-state index contributed by atoms with van der Waals surface area (Å²) in [5.41, 5.74) is 4.40. The summed E-state index contributed by atoms with van der Waals surface area (Å²) in [5, 5.41) is 22.3. The van der Waals surface area contributed by atoms with E-state index in [9.17, 15) is 19.5 Å². The molecule has 0 fully saturated rings. The second-order valence-electron chi connectivity index (χ2n) is 9.35. The van der Waals surface area contributed by atoms with Crippen LogP contribution in [0.4, 0.5) is 0 Å². The standard InChI is InChI=1S/C30H28N2O7/c1-15-8-16(2)10-19(9-15)26(35)20-11-17(3)28(18(4)12-20)39-21-6-7-22-23(13-21)30(38-5)32-25(27(22)36)29(37)31-14-24(33)34/h6-13,36H,14H2,1-5H3,(H,31,37)(H,33,34). The van der Waals surface area contributed by atoms with Gasteiger partial charge in [-0.2, -0.15) is 0 Å². The SMILES string of the molecule is COc1nc(C(=O)NCC(=O)O)c(O)c2ccc(Oc3c(C)cc(C(=O)c4cc(C)cc(C)c4)cc3C)cc12. The molecule has 0 aliphatic heterocycles. The summed E-state index contributed by atoms with van der Waals surface area (Å²) in [7, 11) is 1.37. The molecule has 0 unspecified atom stereocenters. The third kappa shape index (κ3) is 5.67. The monoisotopic (exact) mass is 528 g/mol. The molecule has 0 radical (unpaired) electrons. The number of carboxylic acids is 1. The average molecular weight is 529 g/mol.